The van der Waals surface area contributed by atoms with Crippen molar-refractivity contribution < 1.29 is 40.9 Å². The number of rotatable bonds is 8. The van der Waals surface area contributed by atoms with Crippen LogP contribution in [0.2, 0.25) is 0 Å². The number of amides is 2. The maximum Gasteiger partial charge on any atom is 0.393 e. The van der Waals surface area contributed by atoms with Crippen LogP contribution in [-0.4, -0.2) is 73.6 Å². The van der Waals surface area contributed by atoms with Gasteiger partial charge in [-0.2, -0.15) is 18.3 Å². The number of nitrogens with zero attached hydrogens (tertiary/aromatic N) is 6. The predicted octanol–water partition coefficient (Wildman–Crippen LogP) is 4.04. The van der Waals surface area contributed by atoms with Crippen LogP contribution in [0, 0.1) is 17.8 Å². The van der Waals surface area contributed by atoms with Gasteiger partial charge in [-0.25, -0.2) is 27.9 Å². The summed E-state index contributed by atoms with van der Waals surface area (Å²) in [6, 6.07) is -0.797. The number of imidazole rings is 1. The van der Waals surface area contributed by atoms with Crippen LogP contribution < -0.4 is 10.6 Å². The molecular formula is C29H33F5N8O4. The second-order valence-electron chi connectivity index (χ2n) is 13.0. The van der Waals surface area contributed by atoms with Crippen molar-refractivity contribution in [2.24, 2.45) is 17.8 Å². The molecule has 0 aromatic carbocycles. The molecular weight excluding hydrogens is 619 g/mol. The van der Waals surface area contributed by atoms with Gasteiger partial charge in [0.1, 0.15) is 5.69 Å². The highest BCUT2D eigenvalue weighted by Gasteiger charge is 2.45. The van der Waals surface area contributed by atoms with Gasteiger partial charge in [0.25, 0.3) is 11.7 Å². The molecule has 4 fully saturated rings. The molecule has 46 heavy (non-hydrogen) atoms. The molecule has 4 atom stereocenters. The van der Waals surface area contributed by atoms with E-state index in [2.05, 4.69) is 31.0 Å². The standard InChI is InChI=1S/C29H33F5N8O4/c30-28(31)6-3-15(4-7-28)21(37-26(44)24-23(14-1-2-14)40-46-41-24)20-12-42-27(36-20)38-22(16-5-8-45-13-16)19(39-42)10-17-9-18(29(32,33)34)11-35-25(17)43/h12,14-18,21H,1-11,13H2,(H,35,43)(H,37,44)/t16?,17-,18-,21+/m1/s1. The zero-order valence-electron chi connectivity index (χ0n) is 24.7. The zero-order valence-corrected chi connectivity index (χ0v) is 24.7. The molecule has 2 saturated heterocycles. The van der Waals surface area contributed by atoms with Crippen LogP contribution in [0.5, 0.6) is 0 Å². The number of alkyl halides is 5. The van der Waals surface area contributed by atoms with Crippen LogP contribution >= 0.6 is 0 Å². The quantitative estimate of drug-likeness (QED) is 0.344. The highest BCUT2D eigenvalue weighted by molar-refractivity contribution is 5.93. The summed E-state index contributed by atoms with van der Waals surface area (Å²) in [4.78, 5) is 35.5. The van der Waals surface area contributed by atoms with Crippen LogP contribution in [-0.2, 0) is 16.0 Å². The Morgan fingerprint density at radius 3 is 2.57 bits per heavy atom. The van der Waals surface area contributed by atoms with Gasteiger partial charge in [0.2, 0.25) is 11.8 Å². The predicted molar refractivity (Wildman–Crippen MR) is 147 cm³/mol. The van der Waals surface area contributed by atoms with E-state index in [0.29, 0.717) is 42.4 Å². The van der Waals surface area contributed by atoms with E-state index >= 15 is 0 Å². The van der Waals surface area contributed by atoms with E-state index < -0.39 is 48.3 Å². The molecule has 3 aromatic heterocycles. The molecule has 7 rings (SSSR count). The van der Waals surface area contributed by atoms with E-state index in [1.165, 1.54) is 4.52 Å². The summed E-state index contributed by atoms with van der Waals surface area (Å²) in [5.74, 6) is -6.81. The normalized spacial score (nSPS) is 26.3. The molecule has 2 saturated carbocycles. The van der Waals surface area contributed by atoms with E-state index in [1.807, 2.05) is 0 Å². The van der Waals surface area contributed by atoms with Gasteiger partial charge in [-0.3, -0.25) is 9.59 Å². The summed E-state index contributed by atoms with van der Waals surface area (Å²) in [5, 5.41) is 17.7. The average molecular weight is 653 g/mol. The number of carbonyl (C=O) groups excluding carboxylic acids is 2. The summed E-state index contributed by atoms with van der Waals surface area (Å²) in [6.45, 7) is 0.332. The van der Waals surface area contributed by atoms with Gasteiger partial charge in [-0.15, -0.1) is 0 Å². The van der Waals surface area contributed by atoms with Gasteiger partial charge in [0.15, 0.2) is 5.69 Å². The molecule has 0 bridgehead atoms. The monoisotopic (exact) mass is 652 g/mol. The molecule has 2 amide bonds. The topological polar surface area (TPSA) is 149 Å². The maximum absolute atomic E-state index is 14.1. The van der Waals surface area contributed by atoms with Crippen molar-refractivity contribution in [2.75, 3.05) is 19.8 Å². The second kappa shape index (κ2) is 11.8. The molecule has 2 aliphatic carbocycles. The Morgan fingerprint density at radius 1 is 1.09 bits per heavy atom. The molecule has 0 radical (unpaired) electrons. The molecule has 1 unspecified atom stereocenters. The number of piperidine rings is 1. The number of nitrogens with one attached hydrogen (secondary N) is 2. The molecule has 248 valence electrons. The smallest absolute Gasteiger partial charge is 0.381 e. The highest BCUT2D eigenvalue weighted by Crippen LogP contribution is 2.43. The van der Waals surface area contributed by atoms with E-state index in [9.17, 15) is 31.5 Å². The summed E-state index contributed by atoms with van der Waals surface area (Å²) in [6.07, 6.45) is -1.45. The molecule has 4 aliphatic rings. The molecule has 12 nitrogen and oxygen atoms in total. The van der Waals surface area contributed by atoms with Crippen molar-refractivity contribution in [1.82, 2.24) is 40.5 Å². The number of aromatic nitrogens is 6. The minimum absolute atomic E-state index is 0.0439. The van der Waals surface area contributed by atoms with Crippen molar-refractivity contribution in [3.8, 4) is 0 Å². The summed E-state index contributed by atoms with van der Waals surface area (Å²) in [7, 11) is 0. The molecule has 2 aliphatic heterocycles. The highest BCUT2D eigenvalue weighted by atomic mass is 19.4. The van der Waals surface area contributed by atoms with Crippen LogP contribution in [0.4, 0.5) is 22.0 Å². The van der Waals surface area contributed by atoms with Crippen LogP contribution in [0.1, 0.15) is 103 Å². The largest absolute Gasteiger partial charge is 0.393 e. The number of hydrogen-bond donors (Lipinski definition) is 2. The first-order valence-corrected chi connectivity index (χ1v) is 15.6. The van der Waals surface area contributed by atoms with Gasteiger partial charge in [0, 0.05) is 50.2 Å². The molecule has 0 spiro atoms. The third-order valence-corrected chi connectivity index (χ3v) is 9.65. The third kappa shape index (κ3) is 6.29. The molecule has 3 aromatic rings. The Kier molecular flexibility index (Phi) is 7.92. The van der Waals surface area contributed by atoms with Gasteiger partial charge in [-0.1, -0.05) is 5.16 Å². The van der Waals surface area contributed by atoms with Crippen molar-refractivity contribution in [2.45, 2.75) is 87.8 Å². The SMILES string of the molecule is O=C(N[C@H](c1cn2nc(C[C@H]3C[C@@H](C(F)(F)F)CNC3=O)c(C3CCOC3)nc2n1)C1CCC(F)(F)CC1)c1nonc1C1CC1. The lowest BCUT2D eigenvalue weighted by Gasteiger charge is -2.33. The van der Waals surface area contributed by atoms with Crippen molar-refractivity contribution in [1.29, 1.82) is 0 Å². The number of fused-ring (bicyclic) bond motifs is 1. The number of halogens is 5. The van der Waals surface area contributed by atoms with Crippen molar-refractivity contribution >= 4 is 17.6 Å². The fourth-order valence-corrected chi connectivity index (χ4v) is 6.83. The summed E-state index contributed by atoms with van der Waals surface area (Å²) < 4.78 is 80.7. The first kappa shape index (κ1) is 30.9. The lowest BCUT2D eigenvalue weighted by molar-refractivity contribution is -0.183. The Balaban J connectivity index is 1.22. The van der Waals surface area contributed by atoms with Crippen molar-refractivity contribution in [3.05, 3.63) is 34.7 Å². The average Bonchev–Trinajstić information content (AvgIpc) is 3.37. The zero-order chi connectivity index (χ0) is 32.2. The summed E-state index contributed by atoms with van der Waals surface area (Å²) >= 11 is 0. The molecule has 5 heterocycles. The Morgan fingerprint density at radius 2 is 1.87 bits per heavy atom. The third-order valence-electron chi connectivity index (χ3n) is 9.65. The number of hydrogen-bond acceptors (Lipinski definition) is 9. The van der Waals surface area contributed by atoms with Crippen LogP contribution in [0.25, 0.3) is 5.78 Å². The Labute approximate surface area is 259 Å². The number of carbonyl (C=O) groups is 2. The first-order valence-electron chi connectivity index (χ1n) is 15.6. The van der Waals surface area contributed by atoms with Gasteiger partial charge in [-0.05, 0) is 49.6 Å². The van der Waals surface area contributed by atoms with Crippen LogP contribution in [0.3, 0.4) is 0 Å². The van der Waals surface area contributed by atoms with E-state index in [-0.39, 0.29) is 67.8 Å². The van der Waals surface area contributed by atoms with E-state index in [4.69, 9.17) is 14.3 Å². The lowest BCUT2D eigenvalue weighted by Crippen LogP contribution is -2.47. The van der Waals surface area contributed by atoms with E-state index in [0.717, 1.165) is 12.8 Å². The van der Waals surface area contributed by atoms with Gasteiger partial charge < -0.3 is 15.4 Å². The second-order valence-corrected chi connectivity index (χ2v) is 13.0. The minimum atomic E-state index is -4.45. The van der Waals surface area contributed by atoms with Crippen molar-refractivity contribution in [3.63, 3.8) is 0 Å². The molecule has 17 heteroatoms. The molecule has 2 N–H and O–H groups in total. The van der Waals surface area contributed by atoms with E-state index in [1.54, 1.807) is 6.20 Å². The van der Waals surface area contributed by atoms with Gasteiger partial charge in [0.05, 0.1) is 41.8 Å². The Hall–Kier alpha value is -3.76. The number of ether oxygens (including phenoxy) is 1. The first-order chi connectivity index (χ1) is 21.9. The van der Waals surface area contributed by atoms with Crippen LogP contribution in [0.15, 0.2) is 10.8 Å². The minimum Gasteiger partial charge on any atom is -0.381 e. The maximum atomic E-state index is 14.1. The lowest BCUT2D eigenvalue weighted by atomic mass is 9.81. The Bertz CT molecular complexity index is 1610. The summed E-state index contributed by atoms with van der Waals surface area (Å²) in [5.41, 5.74) is 1.69. The van der Waals surface area contributed by atoms with Gasteiger partial charge >= 0.3 is 6.18 Å². The fraction of sp³-hybridized carbons (Fsp3) is 0.690. The fourth-order valence-electron chi connectivity index (χ4n) is 6.83.